The molecule has 2 N–H and O–H groups in total. The summed E-state index contributed by atoms with van der Waals surface area (Å²) in [5.41, 5.74) is 0.978. The number of halogens is 2. The molecule has 26 heavy (non-hydrogen) atoms. The van der Waals surface area contributed by atoms with Crippen LogP contribution in [-0.2, 0) is 9.84 Å². The van der Waals surface area contributed by atoms with Crippen molar-refractivity contribution in [3.05, 3.63) is 34.3 Å². The molecular weight excluding hydrogens is 529 g/mol. The molecule has 0 bridgehead atoms. The molecule has 8 heteroatoms. The Balaban J connectivity index is 0.00000625. The molecule has 0 aliphatic heterocycles. The van der Waals surface area contributed by atoms with Crippen LogP contribution in [0.3, 0.4) is 0 Å². The van der Waals surface area contributed by atoms with Crippen LogP contribution in [0, 0.1) is 5.41 Å². The van der Waals surface area contributed by atoms with Crippen molar-refractivity contribution in [1.82, 2.24) is 10.6 Å². The molecule has 0 aromatic heterocycles. The smallest absolute Gasteiger partial charge is 0.191 e. The van der Waals surface area contributed by atoms with Gasteiger partial charge in [-0.15, -0.1) is 24.0 Å². The summed E-state index contributed by atoms with van der Waals surface area (Å²) in [6.07, 6.45) is 1.87. The van der Waals surface area contributed by atoms with Crippen LogP contribution < -0.4 is 10.6 Å². The van der Waals surface area contributed by atoms with E-state index in [2.05, 4.69) is 44.5 Å². The van der Waals surface area contributed by atoms with Gasteiger partial charge in [-0.3, -0.25) is 4.99 Å². The van der Waals surface area contributed by atoms with Gasteiger partial charge in [0.05, 0.1) is 11.8 Å². The number of guanidine groups is 1. The van der Waals surface area contributed by atoms with E-state index in [0.29, 0.717) is 13.0 Å². The van der Waals surface area contributed by atoms with Gasteiger partial charge in [0, 0.05) is 23.8 Å². The first kappa shape index (κ1) is 25.6. The summed E-state index contributed by atoms with van der Waals surface area (Å²) in [7, 11) is -2.95. The molecule has 0 heterocycles. The van der Waals surface area contributed by atoms with Crippen molar-refractivity contribution in [2.75, 3.05) is 25.1 Å². The minimum atomic E-state index is -2.95. The van der Waals surface area contributed by atoms with Crippen molar-refractivity contribution in [3.8, 4) is 0 Å². The quantitative estimate of drug-likeness (QED) is 0.285. The number of nitrogens with zero attached hydrogens (tertiary/aromatic N) is 1. The maximum absolute atomic E-state index is 11.4. The van der Waals surface area contributed by atoms with E-state index >= 15 is 0 Å². The summed E-state index contributed by atoms with van der Waals surface area (Å²) in [4.78, 5) is 4.67. The van der Waals surface area contributed by atoms with Gasteiger partial charge in [0.15, 0.2) is 5.96 Å². The van der Waals surface area contributed by atoms with Crippen molar-refractivity contribution in [1.29, 1.82) is 0 Å². The van der Waals surface area contributed by atoms with Gasteiger partial charge < -0.3 is 10.6 Å². The fraction of sp³-hybridized carbons (Fsp3) is 0.611. The predicted molar refractivity (Wildman–Crippen MR) is 125 cm³/mol. The van der Waals surface area contributed by atoms with E-state index in [4.69, 9.17) is 0 Å². The van der Waals surface area contributed by atoms with Crippen molar-refractivity contribution in [2.24, 2.45) is 10.4 Å². The Morgan fingerprint density at radius 3 is 2.46 bits per heavy atom. The van der Waals surface area contributed by atoms with Crippen LogP contribution in [0.15, 0.2) is 33.7 Å². The summed E-state index contributed by atoms with van der Waals surface area (Å²) in [5.74, 6) is 0.922. The Hall–Kier alpha value is -0.350. The zero-order chi connectivity index (χ0) is 19.1. The largest absolute Gasteiger partial charge is 0.357 e. The number of sulfone groups is 1. The first-order valence-corrected chi connectivity index (χ1v) is 11.4. The Bertz CT molecular complexity index is 693. The van der Waals surface area contributed by atoms with E-state index < -0.39 is 9.84 Å². The molecule has 0 saturated heterocycles. The lowest BCUT2D eigenvalue weighted by Crippen LogP contribution is -2.39. The first-order valence-electron chi connectivity index (χ1n) is 8.51. The molecule has 1 unspecified atom stereocenters. The molecular formula is C18H31BrIN3O2S. The van der Waals surface area contributed by atoms with E-state index in [1.807, 2.05) is 39.0 Å². The van der Waals surface area contributed by atoms with Crippen LogP contribution in [0.1, 0.15) is 45.7 Å². The normalized spacial score (nSPS) is 13.7. The summed E-state index contributed by atoms with van der Waals surface area (Å²) in [5, 5.41) is 6.66. The van der Waals surface area contributed by atoms with Crippen molar-refractivity contribution in [3.63, 3.8) is 0 Å². The number of benzene rings is 1. The summed E-state index contributed by atoms with van der Waals surface area (Å²) >= 11 is 3.58. The molecule has 0 spiro atoms. The van der Waals surface area contributed by atoms with Crippen LogP contribution >= 0.6 is 39.9 Å². The Kier molecular flexibility index (Phi) is 11.3. The summed E-state index contributed by atoms with van der Waals surface area (Å²) < 4.78 is 23.8. The van der Waals surface area contributed by atoms with Gasteiger partial charge in [-0.2, -0.15) is 0 Å². The van der Waals surface area contributed by atoms with Gasteiger partial charge in [-0.05, 0) is 37.3 Å². The van der Waals surface area contributed by atoms with E-state index in [9.17, 15) is 8.42 Å². The number of nitrogens with one attached hydrogen (secondary N) is 2. The first-order chi connectivity index (χ1) is 11.5. The molecule has 0 aliphatic rings. The van der Waals surface area contributed by atoms with Crippen molar-refractivity contribution >= 4 is 55.7 Å². The second-order valence-electron chi connectivity index (χ2n) is 7.13. The summed E-state index contributed by atoms with van der Waals surface area (Å²) in [6, 6.07) is 8.18. The minimum absolute atomic E-state index is 0. The number of rotatable bonds is 8. The highest BCUT2D eigenvalue weighted by atomic mass is 127. The van der Waals surface area contributed by atoms with E-state index in [1.165, 1.54) is 6.26 Å². The van der Waals surface area contributed by atoms with E-state index in [-0.39, 0.29) is 41.2 Å². The maximum Gasteiger partial charge on any atom is 0.191 e. The minimum Gasteiger partial charge on any atom is -0.357 e. The average molecular weight is 560 g/mol. The predicted octanol–water partition coefficient (Wildman–Crippen LogP) is 4.14. The topological polar surface area (TPSA) is 70.6 Å². The number of hydrogen-bond donors (Lipinski definition) is 2. The SMILES string of the molecule is CCNC(=NCC(C)(C)CCS(C)(=O)=O)NC(C)c1ccccc1Br.I. The highest BCUT2D eigenvalue weighted by Crippen LogP contribution is 2.23. The van der Waals surface area contributed by atoms with E-state index in [1.54, 1.807) is 0 Å². The lowest BCUT2D eigenvalue weighted by molar-refractivity contribution is 0.365. The Morgan fingerprint density at radius 2 is 1.92 bits per heavy atom. The van der Waals surface area contributed by atoms with Crippen LogP contribution in [-0.4, -0.2) is 39.5 Å². The second-order valence-corrected chi connectivity index (χ2v) is 10.2. The van der Waals surface area contributed by atoms with Gasteiger partial charge in [-0.1, -0.05) is 48.0 Å². The van der Waals surface area contributed by atoms with Crippen molar-refractivity contribution < 1.29 is 8.42 Å². The number of hydrogen-bond acceptors (Lipinski definition) is 3. The standard InChI is InChI=1S/C18H30BrN3O2S.HI/c1-6-20-17(21-13-18(3,4)11-12-25(5,23)24)22-14(2)15-9-7-8-10-16(15)19;/h7-10,14H,6,11-13H2,1-5H3,(H2,20,21,22);1H. The lowest BCUT2D eigenvalue weighted by Gasteiger charge is -2.24. The highest BCUT2D eigenvalue weighted by molar-refractivity contribution is 14.0. The molecule has 1 aromatic rings. The van der Waals surface area contributed by atoms with Crippen LogP contribution in [0.25, 0.3) is 0 Å². The zero-order valence-electron chi connectivity index (χ0n) is 16.2. The molecule has 0 fully saturated rings. The third-order valence-electron chi connectivity index (χ3n) is 3.88. The fourth-order valence-corrected chi connectivity index (χ4v) is 3.81. The monoisotopic (exact) mass is 559 g/mol. The van der Waals surface area contributed by atoms with Gasteiger partial charge in [0.25, 0.3) is 0 Å². The average Bonchev–Trinajstić information content (AvgIpc) is 2.51. The summed E-state index contributed by atoms with van der Waals surface area (Å²) in [6.45, 7) is 9.51. The second kappa shape index (κ2) is 11.5. The Morgan fingerprint density at radius 1 is 1.31 bits per heavy atom. The van der Waals surface area contributed by atoms with Gasteiger partial charge in [0.2, 0.25) is 0 Å². The molecule has 1 atom stereocenters. The van der Waals surface area contributed by atoms with Crippen LogP contribution in [0.4, 0.5) is 0 Å². The van der Waals surface area contributed by atoms with Gasteiger partial charge in [0.1, 0.15) is 9.84 Å². The van der Waals surface area contributed by atoms with Gasteiger partial charge in [-0.25, -0.2) is 8.42 Å². The van der Waals surface area contributed by atoms with Gasteiger partial charge >= 0.3 is 0 Å². The molecule has 5 nitrogen and oxygen atoms in total. The molecule has 1 aromatic carbocycles. The zero-order valence-corrected chi connectivity index (χ0v) is 20.9. The Labute approximate surface area is 183 Å². The molecule has 0 saturated carbocycles. The third kappa shape index (κ3) is 10.1. The van der Waals surface area contributed by atoms with Crippen LogP contribution in [0.5, 0.6) is 0 Å². The maximum atomic E-state index is 11.4. The third-order valence-corrected chi connectivity index (χ3v) is 5.55. The number of aliphatic imine (C=N–C) groups is 1. The molecule has 0 amide bonds. The molecule has 150 valence electrons. The van der Waals surface area contributed by atoms with Crippen molar-refractivity contribution in [2.45, 2.75) is 40.2 Å². The molecule has 1 rings (SSSR count). The molecule has 0 aliphatic carbocycles. The van der Waals surface area contributed by atoms with Crippen LogP contribution in [0.2, 0.25) is 0 Å². The lowest BCUT2D eigenvalue weighted by atomic mass is 9.90. The van der Waals surface area contributed by atoms with E-state index in [0.717, 1.165) is 22.5 Å². The molecule has 0 radical (unpaired) electrons. The highest BCUT2D eigenvalue weighted by Gasteiger charge is 2.20. The fourth-order valence-electron chi connectivity index (χ4n) is 2.26.